The molecule has 0 bridgehead atoms. The molecule has 168 valence electrons. The van der Waals surface area contributed by atoms with Gasteiger partial charge in [0.05, 0.1) is 31.3 Å². The van der Waals surface area contributed by atoms with Crippen LogP contribution in [0.15, 0.2) is 66.1 Å². The van der Waals surface area contributed by atoms with Gasteiger partial charge in [-0.1, -0.05) is 28.6 Å². The Kier molecular flexibility index (Phi) is 7.06. The molecule has 4 rings (SSSR count). The summed E-state index contributed by atoms with van der Waals surface area (Å²) in [5.41, 5.74) is 1.91. The van der Waals surface area contributed by atoms with Crippen LogP contribution < -0.4 is 14.8 Å². The molecule has 0 aliphatic heterocycles. The Labute approximate surface area is 199 Å². The lowest BCUT2D eigenvalue weighted by Gasteiger charge is -2.12. The Morgan fingerprint density at radius 3 is 2.55 bits per heavy atom. The first-order valence-electron chi connectivity index (χ1n) is 9.72. The minimum atomic E-state index is -0.439. The molecule has 0 aliphatic carbocycles. The molecule has 2 aromatic carbocycles. The van der Waals surface area contributed by atoms with Crippen LogP contribution in [0.3, 0.4) is 0 Å². The molecule has 0 aliphatic rings. The third kappa shape index (κ3) is 5.24. The van der Waals surface area contributed by atoms with E-state index in [1.54, 1.807) is 72.7 Å². The number of aromatic nitrogens is 5. The first-order valence-corrected chi connectivity index (χ1v) is 11.1. The third-order valence-corrected chi connectivity index (χ3v) is 5.72. The van der Waals surface area contributed by atoms with Crippen molar-refractivity contribution in [2.24, 2.45) is 0 Å². The average Bonchev–Trinajstić information content (AvgIpc) is 3.28. The van der Waals surface area contributed by atoms with Crippen molar-refractivity contribution in [2.45, 2.75) is 10.9 Å². The highest BCUT2D eigenvalue weighted by atomic mass is 35.5. The standard InChI is InChI=1S/C22H19ClN6O3S/c1-31-16-8-9-19(32-2)17(12-16)26-21(30)20-18(13-33-22-24-10-3-11-25-22)29(28-27-20)15-6-4-14(23)5-7-15/h3-12H,13H2,1-2H3,(H,26,30). The zero-order valence-corrected chi connectivity index (χ0v) is 19.3. The van der Waals surface area contributed by atoms with E-state index >= 15 is 0 Å². The number of nitrogens with zero attached hydrogens (tertiary/aromatic N) is 5. The summed E-state index contributed by atoms with van der Waals surface area (Å²) in [5.74, 6) is 0.986. The van der Waals surface area contributed by atoms with Crippen molar-refractivity contribution in [3.8, 4) is 17.2 Å². The molecule has 11 heteroatoms. The lowest BCUT2D eigenvalue weighted by atomic mass is 10.2. The maximum absolute atomic E-state index is 13.2. The average molecular weight is 483 g/mol. The molecule has 0 radical (unpaired) electrons. The molecular weight excluding hydrogens is 464 g/mol. The van der Waals surface area contributed by atoms with Gasteiger partial charge < -0.3 is 14.8 Å². The zero-order chi connectivity index (χ0) is 23.2. The maximum Gasteiger partial charge on any atom is 0.278 e. The predicted molar refractivity (Wildman–Crippen MR) is 125 cm³/mol. The molecule has 9 nitrogen and oxygen atoms in total. The summed E-state index contributed by atoms with van der Waals surface area (Å²) in [6, 6.07) is 14.0. The van der Waals surface area contributed by atoms with Crippen LogP contribution in [-0.2, 0) is 5.75 Å². The second-order valence-corrected chi connectivity index (χ2v) is 7.99. The fraction of sp³-hybridized carbons (Fsp3) is 0.136. The van der Waals surface area contributed by atoms with Gasteiger partial charge in [0.1, 0.15) is 11.5 Å². The Morgan fingerprint density at radius 1 is 1.09 bits per heavy atom. The lowest BCUT2D eigenvalue weighted by Crippen LogP contribution is -2.16. The maximum atomic E-state index is 13.2. The number of rotatable bonds is 8. The van der Waals surface area contributed by atoms with E-state index < -0.39 is 5.91 Å². The molecule has 2 heterocycles. The van der Waals surface area contributed by atoms with Gasteiger partial charge in [-0.2, -0.15) is 0 Å². The minimum Gasteiger partial charge on any atom is -0.497 e. The number of halogens is 1. The second kappa shape index (κ2) is 10.3. The van der Waals surface area contributed by atoms with Crippen LogP contribution in [0.25, 0.3) is 5.69 Å². The summed E-state index contributed by atoms with van der Waals surface area (Å²) in [7, 11) is 3.07. The summed E-state index contributed by atoms with van der Waals surface area (Å²) in [6.45, 7) is 0. The smallest absolute Gasteiger partial charge is 0.278 e. The summed E-state index contributed by atoms with van der Waals surface area (Å²) in [5, 5.41) is 12.4. The van der Waals surface area contributed by atoms with Crippen LogP contribution in [0, 0.1) is 0 Å². The van der Waals surface area contributed by atoms with E-state index in [0.29, 0.717) is 38.8 Å². The Balaban J connectivity index is 1.68. The van der Waals surface area contributed by atoms with E-state index in [9.17, 15) is 4.79 Å². The van der Waals surface area contributed by atoms with Crippen molar-refractivity contribution in [3.05, 3.63) is 77.3 Å². The van der Waals surface area contributed by atoms with Crippen LogP contribution in [0.5, 0.6) is 11.5 Å². The fourth-order valence-electron chi connectivity index (χ4n) is 2.98. The molecule has 0 spiro atoms. The SMILES string of the molecule is COc1ccc(OC)c(NC(=O)c2nnn(-c3ccc(Cl)cc3)c2CSc2ncccn2)c1. The summed E-state index contributed by atoms with van der Waals surface area (Å²) in [6.07, 6.45) is 3.32. The number of methoxy groups -OCH3 is 2. The topological polar surface area (TPSA) is 104 Å². The predicted octanol–water partition coefficient (Wildman–Crippen LogP) is 4.27. The Morgan fingerprint density at radius 2 is 1.85 bits per heavy atom. The highest BCUT2D eigenvalue weighted by Gasteiger charge is 2.22. The van der Waals surface area contributed by atoms with Gasteiger partial charge in [-0.15, -0.1) is 5.10 Å². The van der Waals surface area contributed by atoms with Crippen LogP contribution >= 0.6 is 23.4 Å². The number of carbonyl (C=O) groups excluding carboxylic acids is 1. The van der Waals surface area contributed by atoms with Gasteiger partial charge in [0, 0.05) is 29.2 Å². The summed E-state index contributed by atoms with van der Waals surface area (Å²) < 4.78 is 12.2. The Bertz CT molecular complexity index is 1250. The van der Waals surface area contributed by atoms with Gasteiger partial charge in [-0.05, 0) is 42.5 Å². The minimum absolute atomic E-state index is 0.165. The zero-order valence-electron chi connectivity index (χ0n) is 17.7. The van der Waals surface area contributed by atoms with Gasteiger partial charge in [-0.25, -0.2) is 14.6 Å². The molecule has 0 fully saturated rings. The molecular formula is C22H19ClN6O3S. The van der Waals surface area contributed by atoms with E-state index in [-0.39, 0.29) is 5.69 Å². The van der Waals surface area contributed by atoms with Gasteiger partial charge >= 0.3 is 0 Å². The van der Waals surface area contributed by atoms with Crippen LogP contribution in [0.4, 0.5) is 5.69 Å². The number of thioether (sulfide) groups is 1. The van der Waals surface area contributed by atoms with Gasteiger partial charge in [-0.3, -0.25) is 4.79 Å². The quantitative estimate of drug-likeness (QED) is 0.293. The van der Waals surface area contributed by atoms with Crippen LogP contribution in [0.1, 0.15) is 16.2 Å². The third-order valence-electron chi connectivity index (χ3n) is 4.58. The highest BCUT2D eigenvalue weighted by molar-refractivity contribution is 7.98. The van der Waals surface area contributed by atoms with E-state index in [4.69, 9.17) is 21.1 Å². The van der Waals surface area contributed by atoms with Gasteiger partial charge in [0.15, 0.2) is 10.9 Å². The number of nitrogens with one attached hydrogen (secondary N) is 1. The Hall–Kier alpha value is -3.63. The van der Waals surface area contributed by atoms with Gasteiger partial charge in [0.25, 0.3) is 5.91 Å². The number of amides is 1. The molecule has 0 saturated heterocycles. The van der Waals surface area contributed by atoms with Crippen molar-refractivity contribution in [2.75, 3.05) is 19.5 Å². The molecule has 0 saturated carbocycles. The lowest BCUT2D eigenvalue weighted by molar-refractivity contribution is 0.102. The number of benzene rings is 2. The molecule has 33 heavy (non-hydrogen) atoms. The number of carbonyl (C=O) groups is 1. The van der Waals surface area contributed by atoms with Crippen molar-refractivity contribution < 1.29 is 14.3 Å². The molecule has 0 atom stereocenters. The van der Waals surface area contributed by atoms with E-state index in [1.165, 1.54) is 18.9 Å². The molecule has 2 aromatic heterocycles. The van der Waals surface area contributed by atoms with Crippen molar-refractivity contribution in [3.63, 3.8) is 0 Å². The number of anilines is 1. The van der Waals surface area contributed by atoms with Crippen molar-refractivity contribution in [1.82, 2.24) is 25.0 Å². The normalized spacial score (nSPS) is 10.6. The van der Waals surface area contributed by atoms with Crippen LogP contribution in [0.2, 0.25) is 5.02 Å². The number of hydrogen-bond donors (Lipinski definition) is 1. The van der Waals surface area contributed by atoms with Crippen LogP contribution in [-0.4, -0.2) is 45.1 Å². The molecule has 4 aromatic rings. The molecule has 1 N–H and O–H groups in total. The summed E-state index contributed by atoms with van der Waals surface area (Å²) in [4.78, 5) is 21.7. The number of ether oxygens (including phenoxy) is 2. The van der Waals surface area contributed by atoms with E-state index in [2.05, 4.69) is 25.6 Å². The van der Waals surface area contributed by atoms with Crippen molar-refractivity contribution in [1.29, 1.82) is 0 Å². The summed E-state index contributed by atoms with van der Waals surface area (Å²) >= 11 is 7.40. The van der Waals surface area contributed by atoms with E-state index in [0.717, 1.165) is 5.69 Å². The van der Waals surface area contributed by atoms with Crippen molar-refractivity contribution >= 4 is 35.0 Å². The monoisotopic (exact) mass is 482 g/mol. The fourth-order valence-corrected chi connectivity index (χ4v) is 3.90. The number of hydrogen-bond acceptors (Lipinski definition) is 8. The van der Waals surface area contributed by atoms with E-state index in [1.807, 2.05) is 0 Å². The van der Waals surface area contributed by atoms with Gasteiger partial charge in [0.2, 0.25) is 0 Å². The second-order valence-electron chi connectivity index (χ2n) is 6.61. The first-order chi connectivity index (χ1) is 16.1. The molecule has 1 amide bonds. The largest absolute Gasteiger partial charge is 0.497 e. The molecule has 0 unspecified atom stereocenters. The highest BCUT2D eigenvalue weighted by Crippen LogP contribution is 2.30. The first kappa shape index (κ1) is 22.6.